The zero-order chi connectivity index (χ0) is 17.8. The molecule has 6 nitrogen and oxygen atoms in total. The van der Waals surface area contributed by atoms with Gasteiger partial charge in [-0.1, -0.05) is 6.07 Å². The molecule has 6 rings (SSSR count). The minimum Gasteiger partial charge on any atom is -0.493 e. The van der Waals surface area contributed by atoms with Gasteiger partial charge in [-0.3, -0.25) is 4.68 Å². The first-order chi connectivity index (χ1) is 12.5. The summed E-state index contributed by atoms with van der Waals surface area (Å²) >= 11 is 0. The number of hydrogen-bond donors (Lipinski definition) is 1. The quantitative estimate of drug-likeness (QED) is 0.839. The summed E-state index contributed by atoms with van der Waals surface area (Å²) in [5, 5.41) is 16.9. The summed E-state index contributed by atoms with van der Waals surface area (Å²) in [7, 11) is 5.75. The first-order valence-corrected chi connectivity index (χ1v) is 9.31. The van der Waals surface area contributed by atoms with Crippen LogP contribution in [-0.2, 0) is 25.3 Å². The summed E-state index contributed by atoms with van der Waals surface area (Å²) in [5.74, 6) is 1.57. The van der Waals surface area contributed by atoms with Crippen LogP contribution < -0.4 is 9.47 Å². The van der Waals surface area contributed by atoms with Crippen molar-refractivity contribution in [2.45, 2.75) is 42.4 Å². The monoisotopic (exact) mass is 353 g/mol. The summed E-state index contributed by atoms with van der Waals surface area (Å²) in [6.45, 7) is 0.949. The summed E-state index contributed by atoms with van der Waals surface area (Å²) < 4.78 is 14.0. The Labute approximate surface area is 152 Å². The van der Waals surface area contributed by atoms with Crippen molar-refractivity contribution in [2.75, 3.05) is 20.7 Å². The highest BCUT2D eigenvalue weighted by Gasteiger charge is 2.72. The maximum absolute atomic E-state index is 12.2. The van der Waals surface area contributed by atoms with Gasteiger partial charge in [-0.15, -0.1) is 0 Å². The topological polar surface area (TPSA) is 59.8 Å². The third-order valence-corrected chi connectivity index (χ3v) is 7.33. The van der Waals surface area contributed by atoms with E-state index in [1.807, 2.05) is 24.0 Å². The van der Waals surface area contributed by atoms with E-state index in [2.05, 4.69) is 18.0 Å². The molecule has 4 unspecified atom stereocenters. The third-order valence-electron chi connectivity index (χ3n) is 7.33. The number of nitrogens with zero attached hydrogens (tertiary/aromatic N) is 3. The van der Waals surface area contributed by atoms with E-state index in [9.17, 15) is 5.11 Å². The van der Waals surface area contributed by atoms with Gasteiger partial charge in [0.2, 0.25) is 0 Å². The number of likely N-dealkylation sites (N-methyl/N-ethyl adjacent to an activating group) is 1. The Morgan fingerprint density at radius 3 is 2.96 bits per heavy atom. The fourth-order valence-corrected chi connectivity index (χ4v) is 6.28. The molecule has 1 aromatic carbocycles. The lowest BCUT2D eigenvalue weighted by Gasteiger charge is -2.61. The maximum Gasteiger partial charge on any atom is 0.166 e. The van der Waals surface area contributed by atoms with Crippen molar-refractivity contribution in [1.82, 2.24) is 14.7 Å². The van der Waals surface area contributed by atoms with Gasteiger partial charge in [0.25, 0.3) is 0 Å². The molecule has 26 heavy (non-hydrogen) atoms. The first-order valence-electron chi connectivity index (χ1n) is 9.31. The Morgan fingerprint density at radius 2 is 2.15 bits per heavy atom. The second kappa shape index (κ2) is 4.43. The zero-order valence-corrected chi connectivity index (χ0v) is 15.3. The van der Waals surface area contributed by atoms with Crippen LogP contribution in [0.3, 0.4) is 0 Å². The highest BCUT2D eigenvalue weighted by atomic mass is 16.5. The lowest BCUT2D eigenvalue weighted by Crippen LogP contribution is -2.73. The Kier molecular flexibility index (Phi) is 2.57. The number of ether oxygens (including phenoxy) is 2. The Hall–Kier alpha value is -2.05. The maximum atomic E-state index is 12.2. The van der Waals surface area contributed by atoms with Gasteiger partial charge in [0.1, 0.15) is 5.69 Å². The van der Waals surface area contributed by atoms with E-state index in [1.165, 1.54) is 11.1 Å². The van der Waals surface area contributed by atoms with Crippen LogP contribution in [0.1, 0.15) is 34.9 Å². The van der Waals surface area contributed by atoms with Gasteiger partial charge in [0.05, 0.1) is 18.1 Å². The average Bonchev–Trinajstić information content (AvgIpc) is 3.14. The van der Waals surface area contributed by atoms with Crippen molar-refractivity contribution < 1.29 is 14.6 Å². The summed E-state index contributed by atoms with van der Waals surface area (Å²) in [4.78, 5) is 2.33. The molecule has 2 aromatic rings. The SMILES string of the molecule is COc1ccc2c3c1OC1c4nn(C)cc4CC4(O)C(C2)N(C)CCC314. The predicted octanol–water partition coefficient (Wildman–Crippen LogP) is 1.35. The summed E-state index contributed by atoms with van der Waals surface area (Å²) in [5.41, 5.74) is 3.24. The van der Waals surface area contributed by atoms with Crippen molar-refractivity contribution >= 4 is 0 Å². The van der Waals surface area contributed by atoms with Gasteiger partial charge >= 0.3 is 0 Å². The van der Waals surface area contributed by atoms with Gasteiger partial charge in [-0.2, -0.15) is 5.10 Å². The van der Waals surface area contributed by atoms with E-state index in [1.54, 1.807) is 7.11 Å². The fraction of sp³-hybridized carbons (Fsp3) is 0.550. The number of benzene rings is 1. The molecule has 4 atom stereocenters. The fourth-order valence-electron chi connectivity index (χ4n) is 6.28. The Morgan fingerprint density at radius 1 is 1.31 bits per heavy atom. The molecule has 0 saturated carbocycles. The van der Waals surface area contributed by atoms with Gasteiger partial charge in [0.15, 0.2) is 17.6 Å². The lowest BCUT2D eigenvalue weighted by atomic mass is 9.49. The molecule has 1 aromatic heterocycles. The van der Waals surface area contributed by atoms with Crippen LogP contribution in [0.2, 0.25) is 0 Å². The zero-order valence-electron chi connectivity index (χ0n) is 15.3. The van der Waals surface area contributed by atoms with Crippen LogP contribution in [0, 0.1) is 0 Å². The molecule has 1 saturated heterocycles. The van der Waals surface area contributed by atoms with E-state index in [-0.39, 0.29) is 12.1 Å². The summed E-state index contributed by atoms with van der Waals surface area (Å²) in [6.07, 6.45) is 4.12. The molecular weight excluding hydrogens is 330 g/mol. The number of aryl methyl sites for hydroxylation is 1. The van der Waals surface area contributed by atoms with Crippen LogP contribution in [-0.4, -0.2) is 52.1 Å². The molecule has 1 spiro atoms. The molecule has 3 heterocycles. The lowest BCUT2D eigenvalue weighted by molar-refractivity contribution is -0.167. The number of aliphatic hydroxyl groups is 1. The molecule has 1 fully saturated rings. The number of rotatable bonds is 1. The van der Waals surface area contributed by atoms with Crippen LogP contribution in [0.25, 0.3) is 0 Å². The smallest absolute Gasteiger partial charge is 0.166 e. The highest BCUT2D eigenvalue weighted by molar-refractivity contribution is 5.64. The largest absolute Gasteiger partial charge is 0.493 e. The molecule has 2 aliphatic carbocycles. The molecule has 4 aliphatic rings. The highest BCUT2D eigenvalue weighted by Crippen LogP contribution is 2.68. The standard InChI is InChI=1S/C20H23N3O3/c1-22-7-6-19-15-11-4-5-13(25-3)17(15)26-18(19)16-12(10-23(2)21-16)9-20(19,24)14(22)8-11/h4-5,10,14,18,24H,6-9H2,1-3H3. The molecule has 2 aliphatic heterocycles. The van der Waals surface area contributed by atoms with E-state index in [0.717, 1.165) is 42.1 Å². The third kappa shape index (κ3) is 1.40. The molecule has 6 heteroatoms. The van der Waals surface area contributed by atoms with Crippen LogP contribution in [0.15, 0.2) is 18.3 Å². The number of piperidine rings is 1. The number of aromatic nitrogens is 2. The van der Waals surface area contributed by atoms with Crippen molar-refractivity contribution in [3.63, 3.8) is 0 Å². The molecule has 0 amide bonds. The van der Waals surface area contributed by atoms with Crippen LogP contribution >= 0.6 is 0 Å². The Bertz CT molecular complexity index is 954. The number of methoxy groups -OCH3 is 1. The van der Waals surface area contributed by atoms with Crippen molar-refractivity contribution in [3.05, 3.63) is 40.7 Å². The second-order valence-corrected chi connectivity index (χ2v) is 8.37. The number of fused-ring (bicyclic) bond motifs is 2. The van der Waals surface area contributed by atoms with Crippen molar-refractivity contribution in [1.29, 1.82) is 0 Å². The molecule has 136 valence electrons. The number of likely N-dealkylation sites (tertiary alicyclic amines) is 1. The normalized spacial score (nSPS) is 36.3. The van der Waals surface area contributed by atoms with E-state index in [0.29, 0.717) is 6.42 Å². The predicted molar refractivity (Wildman–Crippen MR) is 94.6 cm³/mol. The van der Waals surface area contributed by atoms with Crippen molar-refractivity contribution in [2.24, 2.45) is 7.05 Å². The molecule has 0 radical (unpaired) electrons. The molecule has 2 bridgehead atoms. The van der Waals surface area contributed by atoms with E-state index in [4.69, 9.17) is 14.6 Å². The first kappa shape index (κ1) is 15.1. The van der Waals surface area contributed by atoms with Crippen LogP contribution in [0.5, 0.6) is 11.5 Å². The van der Waals surface area contributed by atoms with Gasteiger partial charge in [-0.25, -0.2) is 0 Å². The van der Waals surface area contributed by atoms with Crippen LogP contribution in [0.4, 0.5) is 0 Å². The minimum absolute atomic E-state index is 0.0857. The van der Waals surface area contributed by atoms with Gasteiger partial charge in [-0.05, 0) is 38.1 Å². The van der Waals surface area contributed by atoms with Crippen molar-refractivity contribution in [3.8, 4) is 11.5 Å². The van der Waals surface area contributed by atoms with Gasteiger partial charge in [0, 0.05) is 36.8 Å². The molecular formula is C20H23N3O3. The molecule has 1 N–H and O–H groups in total. The average molecular weight is 353 g/mol. The Balaban J connectivity index is 1.72. The van der Waals surface area contributed by atoms with E-state index < -0.39 is 11.0 Å². The van der Waals surface area contributed by atoms with Gasteiger partial charge < -0.3 is 19.5 Å². The second-order valence-electron chi connectivity index (χ2n) is 8.37. The van der Waals surface area contributed by atoms with E-state index >= 15 is 0 Å². The number of hydrogen-bond acceptors (Lipinski definition) is 5. The summed E-state index contributed by atoms with van der Waals surface area (Å²) in [6, 6.07) is 4.24. The minimum atomic E-state index is -0.856.